The van der Waals surface area contributed by atoms with E-state index in [0.29, 0.717) is 6.42 Å². The Hall–Kier alpha value is -0.385. The molecular weight excluding hydrogens is 282 g/mol. The Labute approximate surface area is 162 Å². The molecule has 2 atom stereocenters. The summed E-state index contributed by atoms with van der Waals surface area (Å²) in [5.74, 6) is -0.145. The van der Waals surface area contributed by atoms with Crippen molar-refractivity contribution in [2.45, 2.75) is 44.9 Å². The zero-order valence-corrected chi connectivity index (χ0v) is 14.7. The van der Waals surface area contributed by atoms with Crippen LogP contribution in [0.1, 0.15) is 44.9 Å². The van der Waals surface area contributed by atoms with Gasteiger partial charge in [0, 0.05) is 11.8 Å². The van der Waals surface area contributed by atoms with Gasteiger partial charge in [-0.25, -0.2) is 0 Å². The fraction of sp³-hybridized carbons (Fsp3) is 0.647. The van der Waals surface area contributed by atoms with Crippen LogP contribution >= 0.6 is 0 Å². The van der Waals surface area contributed by atoms with Gasteiger partial charge >= 0.3 is 37.7 Å². The molecule has 116 valence electrons. The fourth-order valence-electron chi connectivity index (χ4n) is 4.37. The van der Waals surface area contributed by atoms with Crippen molar-refractivity contribution in [1.29, 1.82) is 0 Å². The number of hydrogen-bond acceptors (Lipinski definition) is 4. The first-order valence-electron chi connectivity index (χ1n) is 7.77. The van der Waals surface area contributed by atoms with Gasteiger partial charge in [0.1, 0.15) is 0 Å². The normalized spacial score (nSPS) is 30.3. The van der Waals surface area contributed by atoms with Crippen LogP contribution in [0.2, 0.25) is 0 Å². The third-order valence-electron chi connectivity index (χ3n) is 5.25. The van der Waals surface area contributed by atoms with Gasteiger partial charge in [0.15, 0.2) is 0 Å². The second-order valence-corrected chi connectivity index (χ2v) is 6.15. The standard InChI is InChI=1S/C17H24O4.2Li/c1-20-16(18)14-9-15(17(19)21-2)13-8-4-6-11(13)10-5-3-7-12(10)14;;/h12-13,18-19H,3-9H2,1-2H3;;/q;2*+1/p-2/b16-14+,17-15+;;/t12-,13+;;. The third-order valence-corrected chi connectivity index (χ3v) is 5.25. The van der Waals surface area contributed by atoms with Crippen molar-refractivity contribution in [3.63, 3.8) is 0 Å². The van der Waals surface area contributed by atoms with Gasteiger partial charge in [-0.3, -0.25) is 0 Å². The van der Waals surface area contributed by atoms with Crippen molar-refractivity contribution in [2.24, 2.45) is 11.8 Å². The van der Waals surface area contributed by atoms with Gasteiger partial charge in [-0.05, 0) is 70.3 Å². The molecule has 2 saturated carbocycles. The third kappa shape index (κ3) is 3.67. The molecule has 0 radical (unpaired) electrons. The monoisotopic (exact) mass is 304 g/mol. The largest absolute Gasteiger partial charge is 1.00 e. The molecule has 0 amide bonds. The molecule has 0 aromatic rings. The predicted octanol–water partition coefficient (Wildman–Crippen LogP) is -4.27. The Morgan fingerprint density at radius 3 is 1.57 bits per heavy atom. The first-order chi connectivity index (χ1) is 10.2. The molecule has 3 rings (SSSR count). The summed E-state index contributed by atoms with van der Waals surface area (Å²) in [5, 5.41) is 24.4. The SMILES string of the molecule is CO/C([O-])=C1\C/C(=C(/[O-])OC)[C@H]2CCCC2=C2CCC[C@H]21.[Li+].[Li+]. The van der Waals surface area contributed by atoms with E-state index in [-0.39, 0.29) is 61.4 Å². The second kappa shape index (κ2) is 8.64. The van der Waals surface area contributed by atoms with Crippen LogP contribution in [0.25, 0.3) is 0 Å². The minimum Gasteiger partial charge on any atom is -0.617 e. The molecule has 0 N–H and O–H groups in total. The maximum Gasteiger partial charge on any atom is 1.00 e. The molecule has 0 saturated heterocycles. The van der Waals surface area contributed by atoms with Crippen molar-refractivity contribution in [2.75, 3.05) is 14.2 Å². The van der Waals surface area contributed by atoms with E-state index in [2.05, 4.69) is 0 Å². The molecular formula is C17H22Li2O4. The molecule has 0 aliphatic heterocycles. The van der Waals surface area contributed by atoms with Crippen LogP contribution in [0.5, 0.6) is 0 Å². The molecule has 0 bridgehead atoms. The summed E-state index contributed by atoms with van der Waals surface area (Å²) in [6.07, 6.45) is 6.81. The van der Waals surface area contributed by atoms with Crippen LogP contribution in [-0.4, -0.2) is 14.2 Å². The number of allylic oxidation sites excluding steroid dienone is 4. The molecule has 6 heteroatoms. The molecule has 0 spiro atoms. The quantitative estimate of drug-likeness (QED) is 0.294. The van der Waals surface area contributed by atoms with Crippen LogP contribution in [0, 0.1) is 11.8 Å². The number of rotatable bonds is 2. The number of ether oxygens (including phenoxy) is 2. The Morgan fingerprint density at radius 1 is 0.826 bits per heavy atom. The summed E-state index contributed by atoms with van der Waals surface area (Å²) in [7, 11) is 2.83. The molecule has 0 aromatic heterocycles. The van der Waals surface area contributed by atoms with E-state index in [4.69, 9.17) is 9.47 Å². The molecule has 3 aliphatic carbocycles. The average molecular weight is 304 g/mol. The van der Waals surface area contributed by atoms with E-state index < -0.39 is 0 Å². The van der Waals surface area contributed by atoms with Gasteiger partial charge < -0.3 is 19.7 Å². The van der Waals surface area contributed by atoms with E-state index >= 15 is 0 Å². The summed E-state index contributed by atoms with van der Waals surface area (Å²) in [5.41, 5.74) is 4.34. The molecule has 2 fully saturated rings. The molecule has 4 nitrogen and oxygen atoms in total. The number of methoxy groups -OCH3 is 2. The molecule has 0 aromatic carbocycles. The Bertz CT molecular complexity index is 491. The van der Waals surface area contributed by atoms with Gasteiger partial charge in [0.25, 0.3) is 0 Å². The minimum absolute atomic E-state index is 0. The maximum absolute atomic E-state index is 12.2. The molecule has 23 heavy (non-hydrogen) atoms. The van der Waals surface area contributed by atoms with E-state index in [1.807, 2.05) is 0 Å². The first-order valence-corrected chi connectivity index (χ1v) is 7.77. The van der Waals surface area contributed by atoms with Gasteiger partial charge in [-0.2, -0.15) is 0 Å². The number of hydrogen-bond donors (Lipinski definition) is 0. The first kappa shape index (κ1) is 20.7. The van der Waals surface area contributed by atoms with Gasteiger partial charge in [0.05, 0.1) is 11.9 Å². The predicted molar refractivity (Wildman–Crippen MR) is 74.4 cm³/mol. The smallest absolute Gasteiger partial charge is 0.617 e. The van der Waals surface area contributed by atoms with Crippen LogP contribution in [-0.2, 0) is 9.47 Å². The van der Waals surface area contributed by atoms with Gasteiger partial charge in [0.2, 0.25) is 0 Å². The zero-order valence-electron chi connectivity index (χ0n) is 14.7. The molecule has 0 heterocycles. The van der Waals surface area contributed by atoms with Crippen LogP contribution in [0.3, 0.4) is 0 Å². The summed E-state index contributed by atoms with van der Waals surface area (Å²) >= 11 is 0. The van der Waals surface area contributed by atoms with Gasteiger partial charge in [-0.15, -0.1) is 0 Å². The fourth-order valence-corrected chi connectivity index (χ4v) is 4.37. The average Bonchev–Trinajstić information content (AvgIpc) is 3.13. The summed E-state index contributed by atoms with van der Waals surface area (Å²) in [6.45, 7) is 0. The Balaban J connectivity index is 0.00000132. The van der Waals surface area contributed by atoms with Crippen molar-refractivity contribution >= 4 is 0 Å². The minimum atomic E-state index is -0.263. The van der Waals surface area contributed by atoms with Crippen LogP contribution in [0.15, 0.2) is 34.2 Å². The van der Waals surface area contributed by atoms with E-state index in [9.17, 15) is 10.2 Å². The van der Waals surface area contributed by atoms with Crippen LogP contribution < -0.4 is 47.9 Å². The van der Waals surface area contributed by atoms with Gasteiger partial charge in [-0.1, -0.05) is 11.1 Å². The van der Waals surface area contributed by atoms with E-state index in [1.165, 1.54) is 25.4 Å². The zero-order chi connectivity index (χ0) is 15.0. The van der Waals surface area contributed by atoms with Crippen LogP contribution in [0.4, 0.5) is 0 Å². The maximum atomic E-state index is 12.2. The summed E-state index contributed by atoms with van der Waals surface area (Å²) < 4.78 is 9.95. The van der Waals surface area contributed by atoms with Crippen molar-refractivity contribution in [1.82, 2.24) is 0 Å². The van der Waals surface area contributed by atoms with E-state index in [0.717, 1.165) is 49.7 Å². The topological polar surface area (TPSA) is 64.6 Å². The second-order valence-electron chi connectivity index (χ2n) is 6.15. The Morgan fingerprint density at radius 2 is 1.22 bits per heavy atom. The molecule has 3 aliphatic rings. The summed E-state index contributed by atoms with van der Waals surface area (Å²) in [6, 6.07) is 0. The van der Waals surface area contributed by atoms with Crippen molar-refractivity contribution in [3.05, 3.63) is 34.2 Å². The number of fused-ring (bicyclic) bond motifs is 2. The van der Waals surface area contributed by atoms with Crippen molar-refractivity contribution in [3.8, 4) is 0 Å². The summed E-state index contributed by atoms with van der Waals surface area (Å²) in [4.78, 5) is 0. The van der Waals surface area contributed by atoms with Crippen molar-refractivity contribution < 1.29 is 57.4 Å². The molecule has 0 unspecified atom stereocenters. The van der Waals surface area contributed by atoms with E-state index in [1.54, 1.807) is 0 Å². The Kier molecular flexibility index (Phi) is 7.76.